The zero-order valence-corrected chi connectivity index (χ0v) is 23.8. The van der Waals surface area contributed by atoms with Gasteiger partial charge < -0.3 is 24.8 Å². The van der Waals surface area contributed by atoms with Crippen LogP contribution in [0.25, 0.3) is 10.9 Å². The molecule has 0 bridgehead atoms. The summed E-state index contributed by atoms with van der Waals surface area (Å²) in [5.74, 6) is 0.128. The van der Waals surface area contributed by atoms with Crippen molar-refractivity contribution in [2.24, 2.45) is 5.92 Å². The van der Waals surface area contributed by atoms with E-state index in [1.807, 2.05) is 0 Å². The van der Waals surface area contributed by atoms with Gasteiger partial charge in [-0.2, -0.15) is 13.2 Å². The fraction of sp³-hybridized carbons (Fsp3) is 0.393. The second-order valence-corrected chi connectivity index (χ2v) is 12.2. The van der Waals surface area contributed by atoms with Gasteiger partial charge in [0.25, 0.3) is 5.92 Å². The van der Waals surface area contributed by atoms with Crippen molar-refractivity contribution >= 4 is 38.0 Å². The monoisotopic (exact) mass is 612 g/mol. The molecule has 0 radical (unpaired) electrons. The molecule has 2 N–H and O–H groups in total. The van der Waals surface area contributed by atoms with E-state index in [2.05, 4.69) is 22.5 Å². The highest BCUT2D eigenvalue weighted by Gasteiger charge is 2.47. The molecule has 2 heterocycles. The second-order valence-electron chi connectivity index (χ2n) is 10.1. The first-order valence-corrected chi connectivity index (χ1v) is 14.6. The van der Waals surface area contributed by atoms with E-state index >= 15 is 0 Å². The largest absolute Gasteiger partial charge is 0.495 e. The quantitative estimate of drug-likeness (QED) is 0.299. The third-order valence-corrected chi connectivity index (χ3v) is 7.91. The van der Waals surface area contributed by atoms with Gasteiger partial charge in [-0.05, 0) is 50.3 Å². The lowest BCUT2D eigenvalue weighted by atomic mass is 9.92. The van der Waals surface area contributed by atoms with Gasteiger partial charge >= 0.3 is 6.18 Å². The first-order valence-electron chi connectivity index (χ1n) is 12.7. The molecular weight excluding hydrogens is 583 g/mol. The standard InChI is InChI=1S/C28H29F5N4O4S/c1-36-11-9-21(27(29,30)16-36)26(38)35-23-13-18(14-24-20(23)8-12-37(24)17-28(31,32)33)5-4-10-34-22-7-6-19(42(3,39)40)15-25(22)41-2/h6-8,12-15,21,34H,9-11,16-17H2,1-3H3,(H,35,38). The van der Waals surface area contributed by atoms with Gasteiger partial charge in [0.05, 0.1) is 42.0 Å². The molecule has 2 aromatic carbocycles. The number of halogens is 5. The lowest BCUT2D eigenvalue weighted by molar-refractivity contribution is -0.145. The number of amides is 1. The molecule has 1 amide bonds. The van der Waals surface area contributed by atoms with Crippen LogP contribution in [0.3, 0.4) is 0 Å². The number of piperidine rings is 1. The Morgan fingerprint density at radius 1 is 1.17 bits per heavy atom. The summed E-state index contributed by atoms with van der Waals surface area (Å²) in [7, 11) is -0.542. The van der Waals surface area contributed by atoms with Crippen LogP contribution in [0, 0.1) is 17.8 Å². The molecule has 1 atom stereocenters. The van der Waals surface area contributed by atoms with Crippen molar-refractivity contribution < 1.29 is 39.9 Å². The molecule has 14 heteroatoms. The van der Waals surface area contributed by atoms with Gasteiger partial charge in [0.15, 0.2) is 9.84 Å². The van der Waals surface area contributed by atoms with E-state index < -0.39 is 46.9 Å². The summed E-state index contributed by atoms with van der Waals surface area (Å²) in [5, 5.41) is 5.75. The molecule has 1 aliphatic heterocycles. The number of hydrogen-bond acceptors (Lipinski definition) is 6. The average Bonchev–Trinajstić information content (AvgIpc) is 3.26. The maximum Gasteiger partial charge on any atom is 0.406 e. The summed E-state index contributed by atoms with van der Waals surface area (Å²) >= 11 is 0. The van der Waals surface area contributed by atoms with Gasteiger partial charge in [-0.25, -0.2) is 17.2 Å². The Morgan fingerprint density at radius 2 is 1.90 bits per heavy atom. The van der Waals surface area contributed by atoms with Crippen molar-refractivity contribution in [3.8, 4) is 17.6 Å². The minimum atomic E-state index is -4.52. The first-order chi connectivity index (χ1) is 19.6. The summed E-state index contributed by atoms with van der Waals surface area (Å²) in [5.41, 5.74) is 0.899. The molecule has 0 saturated carbocycles. The predicted molar refractivity (Wildman–Crippen MR) is 149 cm³/mol. The van der Waals surface area contributed by atoms with Crippen molar-refractivity contribution in [1.82, 2.24) is 9.47 Å². The number of nitrogens with one attached hydrogen (secondary N) is 2. The molecule has 1 saturated heterocycles. The summed E-state index contributed by atoms with van der Waals surface area (Å²) in [4.78, 5) is 14.4. The van der Waals surface area contributed by atoms with Crippen LogP contribution in [0.5, 0.6) is 5.75 Å². The normalized spacial score (nSPS) is 17.4. The lowest BCUT2D eigenvalue weighted by Gasteiger charge is -2.35. The summed E-state index contributed by atoms with van der Waals surface area (Å²) in [6.07, 6.45) is -2.32. The van der Waals surface area contributed by atoms with E-state index in [0.717, 1.165) is 10.8 Å². The summed E-state index contributed by atoms with van der Waals surface area (Å²) in [6, 6.07) is 8.51. The zero-order chi connectivity index (χ0) is 30.9. The zero-order valence-electron chi connectivity index (χ0n) is 23.0. The highest BCUT2D eigenvalue weighted by atomic mass is 32.2. The average molecular weight is 613 g/mol. The fourth-order valence-corrected chi connectivity index (χ4v) is 5.42. The minimum Gasteiger partial charge on any atom is -0.495 e. The number of carbonyl (C=O) groups is 1. The van der Waals surface area contributed by atoms with Crippen LogP contribution in [0.2, 0.25) is 0 Å². The molecular formula is C28H29F5N4O4S. The molecule has 0 spiro atoms. The van der Waals surface area contributed by atoms with Crippen molar-refractivity contribution in [1.29, 1.82) is 0 Å². The number of benzene rings is 2. The number of methoxy groups -OCH3 is 1. The number of ether oxygens (including phenoxy) is 1. The summed E-state index contributed by atoms with van der Waals surface area (Å²) < 4.78 is 98.7. The molecule has 1 aromatic heterocycles. The minimum absolute atomic E-state index is 0.0414. The molecule has 42 heavy (non-hydrogen) atoms. The van der Waals surface area contributed by atoms with Crippen molar-refractivity contribution in [2.45, 2.75) is 30.0 Å². The maximum absolute atomic E-state index is 14.6. The van der Waals surface area contributed by atoms with Crippen molar-refractivity contribution in [3.05, 3.63) is 48.2 Å². The van der Waals surface area contributed by atoms with E-state index in [4.69, 9.17) is 4.74 Å². The molecule has 4 rings (SSSR count). The molecule has 226 valence electrons. The molecule has 0 aliphatic carbocycles. The van der Waals surface area contributed by atoms with Gasteiger partial charge in [0.2, 0.25) is 5.91 Å². The number of anilines is 2. The lowest BCUT2D eigenvalue weighted by Crippen LogP contribution is -2.51. The van der Waals surface area contributed by atoms with E-state index in [0.29, 0.717) is 12.2 Å². The number of hydrogen-bond donors (Lipinski definition) is 2. The number of aromatic nitrogens is 1. The Hall–Kier alpha value is -3.83. The number of nitrogens with zero attached hydrogens (tertiary/aromatic N) is 2. The Kier molecular flexibility index (Phi) is 8.75. The molecule has 1 fully saturated rings. The Bertz CT molecular complexity index is 1660. The maximum atomic E-state index is 14.6. The number of fused-ring (bicyclic) bond motifs is 1. The van der Waals surface area contributed by atoms with Crippen LogP contribution in [-0.4, -0.2) is 75.9 Å². The first kappa shape index (κ1) is 31.1. The van der Waals surface area contributed by atoms with E-state index in [9.17, 15) is 35.2 Å². The smallest absolute Gasteiger partial charge is 0.406 e. The van der Waals surface area contributed by atoms with Gasteiger partial charge in [-0.1, -0.05) is 11.8 Å². The van der Waals surface area contributed by atoms with Crippen LogP contribution < -0.4 is 15.4 Å². The number of carbonyl (C=O) groups excluding carboxylic acids is 1. The van der Waals surface area contributed by atoms with E-state index in [1.54, 1.807) is 0 Å². The molecule has 1 aliphatic rings. The van der Waals surface area contributed by atoms with Gasteiger partial charge in [-0.3, -0.25) is 4.79 Å². The van der Waals surface area contributed by atoms with Crippen LogP contribution in [0.4, 0.5) is 33.3 Å². The van der Waals surface area contributed by atoms with Gasteiger partial charge in [0, 0.05) is 29.5 Å². The molecule has 3 aromatic rings. The van der Waals surface area contributed by atoms with Gasteiger partial charge in [0.1, 0.15) is 18.2 Å². The molecule has 8 nitrogen and oxygen atoms in total. The van der Waals surface area contributed by atoms with Crippen LogP contribution in [-0.2, 0) is 21.2 Å². The predicted octanol–water partition coefficient (Wildman–Crippen LogP) is 4.60. The topological polar surface area (TPSA) is 92.7 Å². The highest BCUT2D eigenvalue weighted by molar-refractivity contribution is 7.90. The Morgan fingerprint density at radius 3 is 2.55 bits per heavy atom. The number of rotatable bonds is 7. The van der Waals surface area contributed by atoms with Crippen molar-refractivity contribution in [2.75, 3.05) is 50.7 Å². The third-order valence-electron chi connectivity index (χ3n) is 6.80. The SMILES string of the molecule is COc1cc(S(C)(=O)=O)ccc1NCC#Cc1cc(NC(=O)C2CCN(C)CC2(F)F)c2ccn(CC(F)(F)F)c2c1. The van der Waals surface area contributed by atoms with Crippen LogP contribution in [0.1, 0.15) is 12.0 Å². The van der Waals surface area contributed by atoms with E-state index in [1.165, 1.54) is 61.7 Å². The number of alkyl halides is 5. The molecule has 1 unspecified atom stereocenters. The van der Waals surface area contributed by atoms with Crippen LogP contribution >= 0.6 is 0 Å². The Balaban J connectivity index is 1.62. The second kappa shape index (κ2) is 11.8. The van der Waals surface area contributed by atoms with E-state index in [-0.39, 0.29) is 45.8 Å². The Labute approximate surface area is 239 Å². The number of likely N-dealkylation sites (tertiary alicyclic amines) is 1. The fourth-order valence-electron chi connectivity index (χ4n) is 4.79. The van der Waals surface area contributed by atoms with Crippen molar-refractivity contribution in [3.63, 3.8) is 0 Å². The van der Waals surface area contributed by atoms with Crippen LogP contribution in [0.15, 0.2) is 47.5 Å². The third kappa shape index (κ3) is 7.32. The number of sulfone groups is 1. The highest BCUT2D eigenvalue weighted by Crippen LogP contribution is 2.35. The van der Waals surface area contributed by atoms with Gasteiger partial charge in [-0.15, -0.1) is 0 Å². The summed E-state index contributed by atoms with van der Waals surface area (Å²) in [6.45, 7) is -1.54.